The molecule has 32 heavy (non-hydrogen) atoms. The van der Waals surface area contributed by atoms with Crippen LogP contribution in [-0.4, -0.2) is 58.9 Å². The highest BCUT2D eigenvalue weighted by Crippen LogP contribution is 2.40. The van der Waals surface area contributed by atoms with Crippen LogP contribution in [0.1, 0.15) is 28.6 Å². The lowest BCUT2D eigenvalue weighted by atomic mass is 9.95. The first-order valence-electron chi connectivity index (χ1n) is 10.2. The second kappa shape index (κ2) is 8.80. The lowest BCUT2D eigenvalue weighted by Crippen LogP contribution is -2.33. The largest absolute Gasteiger partial charge is 0.508 e. The summed E-state index contributed by atoms with van der Waals surface area (Å²) >= 11 is 3.40. The SMILES string of the molecule is CN(C)CCCN1C(=O)C(O)=C(C(=O)c2cc3cc(Br)ccc3o2)C1c1ccc(O)cc1. The number of ketones is 1. The summed E-state index contributed by atoms with van der Waals surface area (Å²) < 4.78 is 6.58. The Morgan fingerprint density at radius 1 is 1.12 bits per heavy atom. The molecule has 2 aromatic carbocycles. The van der Waals surface area contributed by atoms with Crippen molar-refractivity contribution in [2.75, 3.05) is 27.2 Å². The molecular weight excluding hydrogens is 476 g/mol. The van der Waals surface area contributed by atoms with Crippen LogP contribution >= 0.6 is 15.9 Å². The number of hydrogen-bond donors (Lipinski definition) is 2. The molecule has 0 saturated carbocycles. The highest BCUT2D eigenvalue weighted by molar-refractivity contribution is 9.10. The Kier molecular flexibility index (Phi) is 6.08. The average Bonchev–Trinajstić information content (AvgIpc) is 3.27. The van der Waals surface area contributed by atoms with Crippen molar-refractivity contribution in [3.05, 3.63) is 75.7 Å². The van der Waals surface area contributed by atoms with Gasteiger partial charge in [-0.2, -0.15) is 0 Å². The molecule has 3 aromatic rings. The van der Waals surface area contributed by atoms with E-state index in [2.05, 4.69) is 15.9 Å². The van der Waals surface area contributed by atoms with E-state index in [1.165, 1.54) is 17.0 Å². The number of phenols is 1. The fourth-order valence-electron chi connectivity index (χ4n) is 3.94. The van der Waals surface area contributed by atoms with Gasteiger partial charge in [-0.15, -0.1) is 0 Å². The first-order chi connectivity index (χ1) is 15.3. The molecule has 0 spiro atoms. The number of halogens is 1. The molecule has 8 heteroatoms. The molecule has 1 aromatic heterocycles. The second-order valence-corrected chi connectivity index (χ2v) is 8.95. The fourth-order valence-corrected chi connectivity index (χ4v) is 4.31. The quantitative estimate of drug-likeness (QED) is 0.468. The molecule has 0 saturated heterocycles. The average molecular weight is 499 g/mol. The Morgan fingerprint density at radius 3 is 2.53 bits per heavy atom. The number of hydrogen-bond acceptors (Lipinski definition) is 6. The van der Waals surface area contributed by atoms with E-state index in [1.54, 1.807) is 24.3 Å². The highest BCUT2D eigenvalue weighted by atomic mass is 79.9. The summed E-state index contributed by atoms with van der Waals surface area (Å²) in [7, 11) is 3.88. The van der Waals surface area contributed by atoms with Gasteiger partial charge in [-0.1, -0.05) is 28.1 Å². The van der Waals surface area contributed by atoms with Gasteiger partial charge in [-0.3, -0.25) is 9.59 Å². The third kappa shape index (κ3) is 4.16. The highest BCUT2D eigenvalue weighted by Gasteiger charge is 2.44. The van der Waals surface area contributed by atoms with E-state index in [-0.39, 0.29) is 17.1 Å². The maximum Gasteiger partial charge on any atom is 0.290 e. The Bertz CT molecular complexity index is 1210. The number of aliphatic hydroxyl groups is 1. The minimum Gasteiger partial charge on any atom is -0.508 e. The van der Waals surface area contributed by atoms with Crippen LogP contribution in [-0.2, 0) is 4.79 Å². The second-order valence-electron chi connectivity index (χ2n) is 8.03. The van der Waals surface area contributed by atoms with Crippen LogP contribution in [0.3, 0.4) is 0 Å². The maximum atomic E-state index is 13.5. The number of rotatable bonds is 7. The third-order valence-electron chi connectivity index (χ3n) is 5.46. The van der Waals surface area contributed by atoms with Gasteiger partial charge in [-0.05, 0) is 69.0 Å². The number of phenolic OH excluding ortho intramolecular Hbond substituents is 1. The van der Waals surface area contributed by atoms with Gasteiger partial charge in [0.1, 0.15) is 11.3 Å². The van der Waals surface area contributed by atoms with E-state index >= 15 is 0 Å². The first kappa shape index (κ1) is 22.1. The summed E-state index contributed by atoms with van der Waals surface area (Å²) in [5.41, 5.74) is 1.13. The van der Waals surface area contributed by atoms with Crippen LogP contribution in [0.25, 0.3) is 11.0 Å². The Hall–Kier alpha value is -3.10. The summed E-state index contributed by atoms with van der Waals surface area (Å²) in [6.07, 6.45) is 0.667. The normalized spacial score (nSPS) is 16.6. The zero-order chi connectivity index (χ0) is 23.0. The molecule has 2 N–H and O–H groups in total. The molecule has 0 fully saturated rings. The van der Waals surface area contributed by atoms with E-state index < -0.39 is 23.5 Å². The number of fused-ring (bicyclic) bond motifs is 1. The summed E-state index contributed by atoms with van der Waals surface area (Å²) in [6.45, 7) is 1.10. The van der Waals surface area contributed by atoms with E-state index in [0.717, 1.165) is 16.4 Å². The molecule has 1 atom stereocenters. The van der Waals surface area contributed by atoms with Crippen molar-refractivity contribution in [1.82, 2.24) is 9.80 Å². The number of nitrogens with zero attached hydrogens (tertiary/aromatic N) is 2. The van der Waals surface area contributed by atoms with Crippen molar-refractivity contribution < 1.29 is 24.2 Å². The number of aliphatic hydroxyl groups excluding tert-OH is 1. The zero-order valence-corrected chi connectivity index (χ0v) is 19.3. The van der Waals surface area contributed by atoms with Crippen LogP contribution in [0.4, 0.5) is 0 Å². The Balaban J connectivity index is 1.74. The molecular formula is C24H23BrN2O5. The van der Waals surface area contributed by atoms with Gasteiger partial charge in [0, 0.05) is 16.4 Å². The van der Waals surface area contributed by atoms with Gasteiger partial charge in [0.15, 0.2) is 11.5 Å². The molecule has 4 rings (SSSR count). The number of carbonyl (C=O) groups excluding carboxylic acids is 2. The number of Topliss-reactive ketones (excluding diaryl/α,β-unsaturated/α-hetero) is 1. The molecule has 0 radical (unpaired) electrons. The summed E-state index contributed by atoms with van der Waals surface area (Å²) in [4.78, 5) is 29.9. The van der Waals surface area contributed by atoms with Gasteiger partial charge < -0.3 is 24.4 Å². The predicted octanol–water partition coefficient (Wildman–Crippen LogP) is 4.43. The monoisotopic (exact) mass is 498 g/mol. The maximum absolute atomic E-state index is 13.5. The van der Waals surface area contributed by atoms with Crippen LogP contribution in [0.2, 0.25) is 0 Å². The number of aromatic hydroxyl groups is 1. The molecule has 2 heterocycles. The summed E-state index contributed by atoms with van der Waals surface area (Å²) in [6, 6.07) is 12.5. The van der Waals surface area contributed by atoms with E-state index in [1.807, 2.05) is 31.1 Å². The van der Waals surface area contributed by atoms with Gasteiger partial charge in [-0.25, -0.2) is 0 Å². The minimum atomic E-state index is -0.780. The smallest absolute Gasteiger partial charge is 0.290 e. The van der Waals surface area contributed by atoms with Crippen molar-refractivity contribution >= 4 is 38.6 Å². The molecule has 7 nitrogen and oxygen atoms in total. The molecule has 0 bridgehead atoms. The van der Waals surface area contributed by atoms with Crippen molar-refractivity contribution in [2.45, 2.75) is 12.5 Å². The van der Waals surface area contributed by atoms with Crippen molar-refractivity contribution in [3.63, 3.8) is 0 Å². The van der Waals surface area contributed by atoms with Gasteiger partial charge in [0.05, 0.1) is 11.6 Å². The lowest BCUT2D eigenvalue weighted by molar-refractivity contribution is -0.129. The Morgan fingerprint density at radius 2 is 1.84 bits per heavy atom. The first-order valence-corrected chi connectivity index (χ1v) is 11.0. The van der Waals surface area contributed by atoms with Crippen LogP contribution in [0.5, 0.6) is 5.75 Å². The molecule has 1 aliphatic rings. The zero-order valence-electron chi connectivity index (χ0n) is 17.7. The molecule has 1 amide bonds. The topological polar surface area (TPSA) is 94.2 Å². The molecule has 1 aliphatic heterocycles. The number of amides is 1. The molecule has 1 unspecified atom stereocenters. The predicted molar refractivity (Wildman–Crippen MR) is 124 cm³/mol. The van der Waals surface area contributed by atoms with E-state index in [9.17, 15) is 19.8 Å². The number of carbonyl (C=O) groups is 2. The summed E-state index contributed by atoms with van der Waals surface area (Å²) in [5.74, 6) is -1.59. The minimum absolute atomic E-state index is 0.0244. The lowest BCUT2D eigenvalue weighted by Gasteiger charge is -2.27. The van der Waals surface area contributed by atoms with Crippen molar-refractivity contribution in [2.24, 2.45) is 0 Å². The molecule has 166 valence electrons. The van der Waals surface area contributed by atoms with Crippen LogP contribution in [0, 0.1) is 0 Å². The molecule has 0 aliphatic carbocycles. The van der Waals surface area contributed by atoms with Crippen molar-refractivity contribution in [1.29, 1.82) is 0 Å². The standard InChI is InChI=1S/C24H23BrN2O5/c1-26(2)10-3-11-27-21(14-4-7-17(28)8-5-14)20(23(30)24(27)31)22(29)19-13-15-12-16(25)6-9-18(15)32-19/h4-9,12-13,21,28,30H,3,10-11H2,1-2H3. The van der Waals surface area contributed by atoms with Gasteiger partial charge >= 0.3 is 0 Å². The number of furan rings is 1. The fraction of sp³-hybridized carbons (Fsp3) is 0.250. The van der Waals surface area contributed by atoms with E-state index in [4.69, 9.17) is 4.42 Å². The van der Waals surface area contributed by atoms with Crippen molar-refractivity contribution in [3.8, 4) is 5.75 Å². The van der Waals surface area contributed by atoms with Crippen LogP contribution in [0.15, 0.2) is 68.8 Å². The number of benzene rings is 2. The summed E-state index contributed by atoms with van der Waals surface area (Å²) in [5, 5.41) is 21.2. The Labute approximate surface area is 193 Å². The van der Waals surface area contributed by atoms with Gasteiger partial charge in [0.25, 0.3) is 5.91 Å². The van der Waals surface area contributed by atoms with Gasteiger partial charge in [0.2, 0.25) is 5.78 Å². The third-order valence-corrected chi connectivity index (χ3v) is 5.96. The van der Waals surface area contributed by atoms with Crippen LogP contribution < -0.4 is 0 Å². The van der Waals surface area contributed by atoms with E-state index in [0.29, 0.717) is 24.1 Å².